The van der Waals surface area contributed by atoms with Crippen molar-refractivity contribution in [2.45, 2.75) is 19.0 Å². The van der Waals surface area contributed by atoms with Crippen LogP contribution in [0.2, 0.25) is 5.02 Å². The molecule has 7 nitrogen and oxygen atoms in total. The second-order valence-electron chi connectivity index (χ2n) is 4.40. The van der Waals surface area contributed by atoms with Gasteiger partial charge in [0.1, 0.15) is 0 Å². The van der Waals surface area contributed by atoms with Crippen molar-refractivity contribution in [2.75, 3.05) is 19.0 Å². The number of hydrogen-bond acceptors (Lipinski definition) is 8. The van der Waals surface area contributed by atoms with Crippen LogP contribution in [-0.2, 0) is 20.9 Å². The molecular formula is C14H16ClN4O3PS2. The lowest BCUT2D eigenvalue weighted by Crippen LogP contribution is -2.06. The highest BCUT2D eigenvalue weighted by atomic mass is 35.5. The molecular weight excluding hydrogens is 403 g/mol. The van der Waals surface area contributed by atoms with Crippen molar-refractivity contribution in [1.29, 1.82) is 5.26 Å². The van der Waals surface area contributed by atoms with E-state index >= 15 is 0 Å². The molecule has 1 aromatic carbocycles. The van der Waals surface area contributed by atoms with Crippen LogP contribution in [0, 0.1) is 11.3 Å². The minimum Gasteiger partial charge on any atom is -0.389 e. The van der Waals surface area contributed by atoms with Crippen molar-refractivity contribution in [2.24, 2.45) is 0 Å². The summed E-state index contributed by atoms with van der Waals surface area (Å²) in [6.07, 6.45) is 0. The van der Waals surface area contributed by atoms with Crippen molar-refractivity contribution in [3.05, 3.63) is 29.3 Å². The minimum atomic E-state index is -3.00. The SMILES string of the molecule is CCOP(=S)(OCC)Oc1nnc(SCC#N)n1-c1ccc(Cl)cc1. The molecule has 0 atom stereocenters. The summed E-state index contributed by atoms with van der Waals surface area (Å²) < 4.78 is 18.4. The number of halogens is 1. The fourth-order valence-electron chi connectivity index (χ4n) is 1.82. The first-order chi connectivity index (χ1) is 12.0. The second kappa shape index (κ2) is 9.53. The molecule has 0 spiro atoms. The van der Waals surface area contributed by atoms with E-state index in [1.54, 1.807) is 28.8 Å². The van der Waals surface area contributed by atoms with E-state index in [0.29, 0.717) is 23.4 Å². The van der Waals surface area contributed by atoms with Crippen molar-refractivity contribution < 1.29 is 13.6 Å². The summed E-state index contributed by atoms with van der Waals surface area (Å²) in [5, 5.41) is 18.1. The number of aromatic nitrogens is 3. The van der Waals surface area contributed by atoms with Crippen molar-refractivity contribution in [3.63, 3.8) is 0 Å². The van der Waals surface area contributed by atoms with Crippen LogP contribution in [-0.4, -0.2) is 33.7 Å². The van der Waals surface area contributed by atoms with E-state index in [1.807, 2.05) is 13.8 Å². The first-order valence-corrected chi connectivity index (χ1v) is 11.2. The van der Waals surface area contributed by atoms with Gasteiger partial charge in [-0.05, 0) is 38.1 Å². The molecule has 1 heterocycles. The Morgan fingerprint density at radius 1 is 1.24 bits per heavy atom. The average Bonchev–Trinajstić information content (AvgIpc) is 2.96. The van der Waals surface area contributed by atoms with Crippen LogP contribution < -0.4 is 4.52 Å². The quantitative estimate of drug-likeness (QED) is 0.442. The van der Waals surface area contributed by atoms with Crippen LogP contribution in [0.25, 0.3) is 5.69 Å². The van der Waals surface area contributed by atoms with E-state index in [9.17, 15) is 0 Å². The van der Waals surface area contributed by atoms with Gasteiger partial charge in [0.25, 0.3) is 0 Å². The topological polar surface area (TPSA) is 82.2 Å². The van der Waals surface area contributed by atoms with Gasteiger partial charge in [-0.1, -0.05) is 28.5 Å². The highest BCUT2D eigenvalue weighted by Crippen LogP contribution is 2.49. The Bertz CT molecular complexity index is 784. The van der Waals surface area contributed by atoms with Crippen molar-refractivity contribution >= 4 is 41.9 Å². The summed E-state index contributed by atoms with van der Waals surface area (Å²) >= 11 is 12.6. The van der Waals surface area contributed by atoms with Crippen LogP contribution in [0.3, 0.4) is 0 Å². The van der Waals surface area contributed by atoms with Gasteiger partial charge < -0.3 is 4.52 Å². The van der Waals surface area contributed by atoms with Gasteiger partial charge >= 0.3 is 12.7 Å². The van der Waals surface area contributed by atoms with Crippen molar-refractivity contribution in [3.8, 4) is 17.8 Å². The standard InChI is InChI=1S/C14H16ClN4O3PS2/c1-3-20-23(24,21-4-2)22-13-17-18-14(25-10-9-16)19(13)12-7-5-11(15)6-8-12/h5-8H,3-4,10H2,1-2H3. The number of benzene rings is 1. The van der Waals surface area contributed by atoms with E-state index in [2.05, 4.69) is 16.3 Å². The van der Waals surface area contributed by atoms with Gasteiger partial charge in [0.15, 0.2) is 5.16 Å². The van der Waals surface area contributed by atoms with Crippen molar-refractivity contribution in [1.82, 2.24) is 14.8 Å². The van der Waals surface area contributed by atoms with E-state index in [4.69, 9.17) is 42.2 Å². The monoisotopic (exact) mass is 418 g/mol. The molecule has 2 rings (SSSR count). The third-order valence-electron chi connectivity index (χ3n) is 2.72. The molecule has 0 aliphatic rings. The molecule has 2 aromatic rings. The normalized spacial score (nSPS) is 11.3. The molecule has 0 saturated carbocycles. The van der Waals surface area contributed by atoms with Gasteiger partial charge in [0.2, 0.25) is 0 Å². The van der Waals surface area contributed by atoms with Gasteiger partial charge in [0.05, 0.1) is 30.7 Å². The van der Waals surface area contributed by atoms with Gasteiger partial charge in [-0.3, -0.25) is 9.05 Å². The zero-order valence-corrected chi connectivity index (χ0v) is 16.9. The molecule has 0 radical (unpaired) electrons. The summed E-state index contributed by atoms with van der Waals surface area (Å²) in [4.78, 5) is 0. The highest BCUT2D eigenvalue weighted by molar-refractivity contribution is 8.07. The summed E-state index contributed by atoms with van der Waals surface area (Å²) in [7, 11) is 0. The Kier molecular flexibility index (Phi) is 7.69. The first-order valence-electron chi connectivity index (χ1n) is 7.32. The number of thioether (sulfide) groups is 1. The number of hydrogen-bond donors (Lipinski definition) is 0. The van der Waals surface area contributed by atoms with E-state index in [0.717, 1.165) is 5.69 Å². The molecule has 11 heteroatoms. The maximum absolute atomic E-state index is 8.83. The van der Waals surface area contributed by atoms with E-state index in [1.165, 1.54) is 11.8 Å². The number of nitrogens with zero attached hydrogens (tertiary/aromatic N) is 4. The lowest BCUT2D eigenvalue weighted by atomic mass is 10.3. The van der Waals surface area contributed by atoms with Crippen LogP contribution >= 0.6 is 30.1 Å². The summed E-state index contributed by atoms with van der Waals surface area (Å²) in [5.74, 6) is 0.219. The van der Waals surface area contributed by atoms with Crippen LogP contribution in [0.1, 0.15) is 13.8 Å². The molecule has 0 aliphatic carbocycles. The largest absolute Gasteiger partial charge is 0.389 e. The van der Waals surface area contributed by atoms with Gasteiger partial charge in [-0.15, -0.1) is 5.10 Å². The molecule has 0 unspecified atom stereocenters. The Hall–Kier alpha value is -1.14. The van der Waals surface area contributed by atoms with Gasteiger partial charge in [0, 0.05) is 16.8 Å². The second-order valence-corrected chi connectivity index (χ2v) is 8.71. The third kappa shape index (κ3) is 5.42. The molecule has 1 aromatic heterocycles. The third-order valence-corrected chi connectivity index (χ3v) is 6.16. The maximum atomic E-state index is 8.83. The Labute approximate surface area is 160 Å². The number of rotatable bonds is 9. The highest BCUT2D eigenvalue weighted by Gasteiger charge is 2.26. The van der Waals surface area contributed by atoms with Crippen LogP contribution in [0.4, 0.5) is 0 Å². The number of nitriles is 1. The van der Waals surface area contributed by atoms with Gasteiger partial charge in [-0.25, -0.2) is 4.57 Å². The zero-order valence-electron chi connectivity index (χ0n) is 13.6. The molecule has 0 aliphatic heterocycles. The van der Waals surface area contributed by atoms with Gasteiger partial charge in [-0.2, -0.15) is 5.26 Å². The maximum Gasteiger partial charge on any atom is 0.382 e. The zero-order chi connectivity index (χ0) is 18.3. The lowest BCUT2D eigenvalue weighted by Gasteiger charge is -2.20. The molecule has 0 amide bonds. The van der Waals surface area contributed by atoms with E-state index < -0.39 is 6.72 Å². The minimum absolute atomic E-state index is 0.146. The fourth-order valence-corrected chi connectivity index (χ4v) is 4.52. The predicted molar refractivity (Wildman–Crippen MR) is 101 cm³/mol. The van der Waals surface area contributed by atoms with Crippen LogP contribution in [0.5, 0.6) is 6.01 Å². The Balaban J connectivity index is 2.43. The van der Waals surface area contributed by atoms with E-state index in [-0.39, 0.29) is 11.8 Å². The molecule has 0 saturated heterocycles. The molecule has 25 heavy (non-hydrogen) atoms. The van der Waals surface area contributed by atoms with Crippen LogP contribution in [0.15, 0.2) is 29.4 Å². The Morgan fingerprint density at radius 2 is 1.88 bits per heavy atom. The smallest absolute Gasteiger partial charge is 0.382 e. The predicted octanol–water partition coefficient (Wildman–Crippen LogP) is 4.21. The summed E-state index contributed by atoms with van der Waals surface area (Å²) in [6.45, 7) is 1.31. The first kappa shape index (κ1) is 20.2. The Morgan fingerprint density at radius 3 is 2.44 bits per heavy atom. The molecule has 0 bridgehead atoms. The molecule has 0 N–H and O–H groups in total. The fraction of sp³-hybridized carbons (Fsp3) is 0.357. The lowest BCUT2D eigenvalue weighted by molar-refractivity contribution is 0.212. The summed E-state index contributed by atoms with van der Waals surface area (Å²) in [5.41, 5.74) is 0.722. The molecule has 0 fully saturated rings. The summed E-state index contributed by atoms with van der Waals surface area (Å²) in [6, 6.07) is 9.26. The molecule has 134 valence electrons. The average molecular weight is 419 g/mol.